The molecule has 2 atom stereocenters. The van der Waals surface area contributed by atoms with Gasteiger partial charge in [-0.15, -0.1) is 0 Å². The van der Waals surface area contributed by atoms with Crippen LogP contribution in [0.1, 0.15) is 38.2 Å². The first-order chi connectivity index (χ1) is 9.98. The van der Waals surface area contributed by atoms with Crippen LogP contribution in [0, 0.1) is 0 Å². The van der Waals surface area contributed by atoms with E-state index in [0.29, 0.717) is 25.9 Å². The molecule has 0 aromatic heterocycles. The van der Waals surface area contributed by atoms with E-state index in [-0.39, 0.29) is 5.91 Å². The molecule has 2 rings (SSSR count). The Hall–Kier alpha value is -1.39. The first-order valence-electron chi connectivity index (χ1n) is 7.79. The molecule has 0 saturated carbocycles. The molecule has 1 amide bonds. The maximum Gasteiger partial charge on any atom is 0.239 e. The van der Waals surface area contributed by atoms with Crippen LogP contribution in [-0.4, -0.2) is 40.6 Å². The van der Waals surface area contributed by atoms with Gasteiger partial charge in [-0.05, 0) is 44.6 Å². The summed E-state index contributed by atoms with van der Waals surface area (Å²) in [6.07, 6.45) is 3.69. The van der Waals surface area contributed by atoms with Crippen molar-refractivity contribution in [3.05, 3.63) is 35.9 Å². The molecule has 116 valence electrons. The molecule has 1 unspecified atom stereocenters. The average molecular weight is 290 g/mol. The molecule has 3 N–H and O–H groups in total. The molecule has 1 aromatic carbocycles. The number of aryl methyl sites for hydroxylation is 1. The molecule has 1 fully saturated rings. The topological polar surface area (TPSA) is 66.6 Å². The van der Waals surface area contributed by atoms with E-state index in [9.17, 15) is 9.90 Å². The summed E-state index contributed by atoms with van der Waals surface area (Å²) >= 11 is 0. The third kappa shape index (κ3) is 4.83. The summed E-state index contributed by atoms with van der Waals surface area (Å²) in [6.45, 7) is 3.15. The molecule has 0 radical (unpaired) electrons. The SMILES string of the molecule is CC1(O)CCCN(C(=O)[C@@H](N)CCc2ccccc2)CC1. The number of nitrogens with zero attached hydrogens (tertiary/aromatic N) is 1. The van der Waals surface area contributed by atoms with Gasteiger partial charge in [0.25, 0.3) is 0 Å². The van der Waals surface area contributed by atoms with Gasteiger partial charge in [-0.3, -0.25) is 4.79 Å². The standard InChI is InChI=1S/C17H26N2O2/c1-17(21)10-5-12-19(13-11-17)16(20)15(18)9-8-14-6-3-2-4-7-14/h2-4,6-7,15,21H,5,8-13,18H2,1H3/t15-,17?/m0/s1. The van der Waals surface area contributed by atoms with Crippen LogP contribution >= 0.6 is 0 Å². The Labute approximate surface area is 126 Å². The van der Waals surface area contributed by atoms with E-state index in [1.54, 1.807) is 0 Å². The van der Waals surface area contributed by atoms with E-state index in [4.69, 9.17) is 5.73 Å². The predicted molar refractivity (Wildman–Crippen MR) is 83.8 cm³/mol. The zero-order valence-corrected chi connectivity index (χ0v) is 12.8. The van der Waals surface area contributed by atoms with Gasteiger partial charge >= 0.3 is 0 Å². The lowest BCUT2D eigenvalue weighted by atomic mass is 9.98. The highest BCUT2D eigenvalue weighted by Crippen LogP contribution is 2.21. The molecular weight excluding hydrogens is 264 g/mol. The lowest BCUT2D eigenvalue weighted by Gasteiger charge is -2.25. The van der Waals surface area contributed by atoms with Crippen molar-refractivity contribution in [2.24, 2.45) is 5.73 Å². The first kappa shape index (κ1) is 16.0. The van der Waals surface area contributed by atoms with Crippen molar-refractivity contribution in [3.63, 3.8) is 0 Å². The van der Waals surface area contributed by atoms with Gasteiger partial charge in [-0.25, -0.2) is 0 Å². The van der Waals surface area contributed by atoms with Gasteiger partial charge in [0.1, 0.15) is 0 Å². The van der Waals surface area contributed by atoms with E-state index >= 15 is 0 Å². The molecular formula is C17H26N2O2. The number of nitrogens with two attached hydrogens (primary N) is 1. The van der Waals surface area contributed by atoms with Crippen molar-refractivity contribution >= 4 is 5.91 Å². The van der Waals surface area contributed by atoms with Crippen LogP contribution in [0.4, 0.5) is 0 Å². The van der Waals surface area contributed by atoms with Gasteiger partial charge in [-0.2, -0.15) is 0 Å². The Bertz CT molecular complexity index is 459. The number of carbonyl (C=O) groups is 1. The smallest absolute Gasteiger partial charge is 0.239 e. The van der Waals surface area contributed by atoms with E-state index in [1.165, 1.54) is 5.56 Å². The number of hydrogen-bond donors (Lipinski definition) is 2. The summed E-state index contributed by atoms with van der Waals surface area (Å²) in [5.41, 5.74) is 6.62. The Morgan fingerprint density at radius 3 is 2.76 bits per heavy atom. The Morgan fingerprint density at radius 1 is 1.33 bits per heavy atom. The third-order valence-electron chi connectivity index (χ3n) is 4.28. The average Bonchev–Trinajstić information content (AvgIpc) is 2.66. The fourth-order valence-electron chi connectivity index (χ4n) is 2.81. The number of benzene rings is 1. The minimum Gasteiger partial charge on any atom is -0.390 e. The van der Waals surface area contributed by atoms with Crippen molar-refractivity contribution < 1.29 is 9.90 Å². The van der Waals surface area contributed by atoms with Crippen LogP contribution in [-0.2, 0) is 11.2 Å². The molecule has 1 saturated heterocycles. The number of aliphatic hydroxyl groups is 1. The molecule has 21 heavy (non-hydrogen) atoms. The molecule has 1 aliphatic rings. The van der Waals surface area contributed by atoms with E-state index in [0.717, 1.165) is 19.3 Å². The molecule has 1 aliphatic heterocycles. The highest BCUT2D eigenvalue weighted by molar-refractivity contribution is 5.81. The molecule has 1 aromatic rings. The second-order valence-corrected chi connectivity index (χ2v) is 6.31. The van der Waals surface area contributed by atoms with Gasteiger partial charge in [-0.1, -0.05) is 30.3 Å². The maximum atomic E-state index is 12.4. The zero-order valence-electron chi connectivity index (χ0n) is 12.8. The minimum atomic E-state index is -0.650. The molecule has 4 nitrogen and oxygen atoms in total. The summed E-state index contributed by atoms with van der Waals surface area (Å²) in [7, 11) is 0. The molecule has 1 heterocycles. The van der Waals surface area contributed by atoms with Crippen molar-refractivity contribution in [1.82, 2.24) is 4.90 Å². The number of rotatable bonds is 4. The largest absolute Gasteiger partial charge is 0.390 e. The van der Waals surface area contributed by atoms with Gasteiger partial charge in [0.05, 0.1) is 11.6 Å². The van der Waals surface area contributed by atoms with Crippen LogP contribution in [0.5, 0.6) is 0 Å². The second kappa shape index (κ2) is 7.05. The third-order valence-corrected chi connectivity index (χ3v) is 4.28. The molecule has 0 bridgehead atoms. The normalized spacial score (nSPS) is 24.4. The quantitative estimate of drug-likeness (QED) is 0.887. The summed E-state index contributed by atoms with van der Waals surface area (Å²) < 4.78 is 0. The van der Waals surface area contributed by atoms with E-state index in [2.05, 4.69) is 12.1 Å². The van der Waals surface area contributed by atoms with Crippen molar-refractivity contribution in [2.45, 2.75) is 50.7 Å². The van der Waals surface area contributed by atoms with E-state index in [1.807, 2.05) is 30.0 Å². The Kier molecular flexibility index (Phi) is 5.37. The molecule has 0 spiro atoms. The highest BCUT2D eigenvalue weighted by Gasteiger charge is 2.28. The van der Waals surface area contributed by atoms with Crippen molar-refractivity contribution in [1.29, 1.82) is 0 Å². The summed E-state index contributed by atoms with van der Waals surface area (Å²) in [5, 5.41) is 10.1. The molecule has 4 heteroatoms. The lowest BCUT2D eigenvalue weighted by Crippen LogP contribution is -2.44. The van der Waals surface area contributed by atoms with Crippen LogP contribution < -0.4 is 5.73 Å². The Morgan fingerprint density at radius 2 is 2.05 bits per heavy atom. The molecule has 0 aliphatic carbocycles. The zero-order chi connectivity index (χ0) is 15.3. The number of amides is 1. The summed E-state index contributed by atoms with van der Waals surface area (Å²) in [4.78, 5) is 14.2. The fourth-order valence-corrected chi connectivity index (χ4v) is 2.81. The van der Waals surface area contributed by atoms with Crippen LogP contribution in [0.15, 0.2) is 30.3 Å². The summed E-state index contributed by atoms with van der Waals surface area (Å²) in [5.74, 6) is 0.0173. The van der Waals surface area contributed by atoms with Crippen molar-refractivity contribution in [3.8, 4) is 0 Å². The highest BCUT2D eigenvalue weighted by atomic mass is 16.3. The number of hydrogen-bond acceptors (Lipinski definition) is 3. The van der Waals surface area contributed by atoms with Gasteiger partial charge < -0.3 is 15.7 Å². The maximum absolute atomic E-state index is 12.4. The predicted octanol–water partition coefficient (Wildman–Crippen LogP) is 1.71. The number of likely N-dealkylation sites (tertiary alicyclic amines) is 1. The van der Waals surface area contributed by atoms with Crippen LogP contribution in [0.25, 0.3) is 0 Å². The van der Waals surface area contributed by atoms with Crippen LogP contribution in [0.2, 0.25) is 0 Å². The van der Waals surface area contributed by atoms with Gasteiger partial charge in [0.2, 0.25) is 5.91 Å². The van der Waals surface area contributed by atoms with Crippen molar-refractivity contribution in [2.75, 3.05) is 13.1 Å². The Balaban J connectivity index is 1.84. The van der Waals surface area contributed by atoms with E-state index < -0.39 is 11.6 Å². The minimum absolute atomic E-state index is 0.0173. The van der Waals surface area contributed by atoms with Crippen LogP contribution in [0.3, 0.4) is 0 Å². The van der Waals surface area contributed by atoms with Gasteiger partial charge in [0, 0.05) is 13.1 Å². The van der Waals surface area contributed by atoms with Gasteiger partial charge in [0.15, 0.2) is 0 Å². The lowest BCUT2D eigenvalue weighted by molar-refractivity contribution is -0.132. The first-order valence-corrected chi connectivity index (χ1v) is 7.79. The summed E-state index contributed by atoms with van der Waals surface area (Å²) in [6, 6.07) is 9.64. The second-order valence-electron chi connectivity index (χ2n) is 6.31. The monoisotopic (exact) mass is 290 g/mol. The fraction of sp³-hybridized carbons (Fsp3) is 0.588. The number of carbonyl (C=O) groups excluding carboxylic acids is 1.